The summed E-state index contributed by atoms with van der Waals surface area (Å²) in [6.45, 7) is 11.7. The van der Waals surface area contributed by atoms with Crippen LogP contribution in [0.5, 0.6) is 0 Å². The highest BCUT2D eigenvalue weighted by molar-refractivity contribution is 9.09. The van der Waals surface area contributed by atoms with E-state index in [1.807, 2.05) is 0 Å². The van der Waals surface area contributed by atoms with E-state index >= 15 is 0 Å². The lowest BCUT2D eigenvalue weighted by Crippen LogP contribution is -2.33. The zero-order valence-corrected chi connectivity index (χ0v) is 11.8. The molecular weight excluding hydrogens is 238 g/mol. The molecule has 2 heteroatoms. The maximum Gasteiger partial charge on any atom is 0.00434 e. The molecule has 0 atom stereocenters. The fraction of sp³-hybridized carbons (Fsp3) is 1.00. The van der Waals surface area contributed by atoms with Gasteiger partial charge >= 0.3 is 0 Å². The molecular formula is C12H26BrN. The van der Waals surface area contributed by atoms with Crippen LogP contribution in [0.3, 0.4) is 0 Å². The lowest BCUT2D eigenvalue weighted by atomic mass is 10.1. The molecule has 86 valence electrons. The van der Waals surface area contributed by atoms with Gasteiger partial charge in [-0.3, -0.25) is 0 Å². The van der Waals surface area contributed by atoms with E-state index in [1.54, 1.807) is 0 Å². The Kier molecular flexibility index (Phi) is 9.00. The van der Waals surface area contributed by atoms with Crippen molar-refractivity contribution in [1.82, 2.24) is 4.90 Å². The summed E-state index contributed by atoms with van der Waals surface area (Å²) in [5.74, 6) is 0.847. The Bertz CT molecular complexity index is 123. The monoisotopic (exact) mass is 263 g/mol. The minimum absolute atomic E-state index is 0.696. The highest BCUT2D eigenvalue weighted by Gasteiger charge is 2.08. The van der Waals surface area contributed by atoms with Crippen LogP contribution in [-0.4, -0.2) is 29.4 Å². The summed E-state index contributed by atoms with van der Waals surface area (Å²) < 4.78 is 0. The summed E-state index contributed by atoms with van der Waals surface area (Å²) >= 11 is 3.49. The molecule has 14 heavy (non-hydrogen) atoms. The van der Waals surface area contributed by atoms with Crippen LogP contribution in [-0.2, 0) is 0 Å². The van der Waals surface area contributed by atoms with E-state index < -0.39 is 0 Å². The molecule has 0 aromatic rings. The van der Waals surface area contributed by atoms with Gasteiger partial charge in [0.2, 0.25) is 0 Å². The summed E-state index contributed by atoms with van der Waals surface area (Å²) in [4.78, 5) is 2.59. The number of hydrogen-bond acceptors (Lipinski definition) is 1. The minimum Gasteiger partial charge on any atom is -0.301 e. The molecule has 0 aromatic carbocycles. The first-order valence-corrected chi connectivity index (χ1v) is 7.00. The van der Waals surface area contributed by atoms with Crippen LogP contribution >= 0.6 is 15.9 Å². The predicted octanol–water partition coefficient (Wildman–Crippen LogP) is 3.92. The summed E-state index contributed by atoms with van der Waals surface area (Å²) in [7, 11) is 0. The standard InChI is InChI=1S/C12H26BrN/c1-11(2)7-5-9-14(12(3)4)10-6-8-13/h11-12H,5-10H2,1-4H3. The average Bonchev–Trinajstić information content (AvgIpc) is 2.09. The third kappa shape index (κ3) is 7.81. The largest absolute Gasteiger partial charge is 0.301 e. The van der Waals surface area contributed by atoms with Gasteiger partial charge in [-0.05, 0) is 52.1 Å². The molecule has 0 saturated heterocycles. The number of nitrogens with zero attached hydrogens (tertiary/aromatic N) is 1. The molecule has 0 amide bonds. The van der Waals surface area contributed by atoms with E-state index in [1.165, 1.54) is 32.4 Å². The van der Waals surface area contributed by atoms with Crippen LogP contribution in [0, 0.1) is 5.92 Å². The van der Waals surface area contributed by atoms with Gasteiger partial charge in [-0.2, -0.15) is 0 Å². The SMILES string of the molecule is CC(C)CCCN(CCCBr)C(C)C. The van der Waals surface area contributed by atoms with Gasteiger partial charge in [0.15, 0.2) is 0 Å². The first kappa shape index (κ1) is 14.4. The Morgan fingerprint density at radius 1 is 1.00 bits per heavy atom. The Hall–Kier alpha value is 0.440. The normalized spacial score (nSPS) is 12.0. The van der Waals surface area contributed by atoms with Crippen molar-refractivity contribution in [2.45, 2.75) is 53.0 Å². The second-order valence-corrected chi connectivity index (χ2v) is 5.50. The summed E-state index contributed by atoms with van der Waals surface area (Å²) in [5, 5.41) is 1.13. The highest BCUT2D eigenvalue weighted by atomic mass is 79.9. The molecule has 0 rings (SSSR count). The molecule has 0 saturated carbocycles. The number of rotatable bonds is 8. The second-order valence-electron chi connectivity index (χ2n) is 4.71. The maximum absolute atomic E-state index is 3.49. The molecule has 0 unspecified atom stereocenters. The average molecular weight is 264 g/mol. The Labute approximate surface area is 98.4 Å². The van der Waals surface area contributed by atoms with Crippen molar-refractivity contribution in [3.05, 3.63) is 0 Å². The van der Waals surface area contributed by atoms with Gasteiger partial charge in [-0.15, -0.1) is 0 Å². The molecule has 0 N–H and O–H groups in total. The molecule has 0 aromatic heterocycles. The summed E-state index contributed by atoms with van der Waals surface area (Å²) in [5.41, 5.74) is 0. The zero-order valence-electron chi connectivity index (χ0n) is 10.2. The van der Waals surface area contributed by atoms with Crippen LogP contribution in [0.25, 0.3) is 0 Å². The van der Waals surface area contributed by atoms with Crippen molar-refractivity contribution in [2.75, 3.05) is 18.4 Å². The molecule has 0 spiro atoms. The van der Waals surface area contributed by atoms with E-state index in [0.717, 1.165) is 11.2 Å². The van der Waals surface area contributed by atoms with Crippen molar-refractivity contribution in [3.63, 3.8) is 0 Å². The van der Waals surface area contributed by atoms with Crippen LogP contribution in [0.4, 0.5) is 0 Å². The fourth-order valence-electron chi connectivity index (χ4n) is 1.59. The maximum atomic E-state index is 3.49. The molecule has 0 aliphatic carbocycles. The van der Waals surface area contributed by atoms with Gasteiger partial charge in [0, 0.05) is 11.4 Å². The quantitative estimate of drug-likeness (QED) is 0.601. The zero-order chi connectivity index (χ0) is 11.0. The van der Waals surface area contributed by atoms with E-state index in [4.69, 9.17) is 0 Å². The lowest BCUT2D eigenvalue weighted by molar-refractivity contribution is 0.215. The van der Waals surface area contributed by atoms with Crippen molar-refractivity contribution >= 4 is 15.9 Å². The van der Waals surface area contributed by atoms with Crippen LogP contribution in [0.2, 0.25) is 0 Å². The Morgan fingerprint density at radius 3 is 2.00 bits per heavy atom. The van der Waals surface area contributed by atoms with Gasteiger partial charge in [0.1, 0.15) is 0 Å². The Balaban J connectivity index is 3.62. The second kappa shape index (κ2) is 8.72. The first-order valence-electron chi connectivity index (χ1n) is 5.88. The van der Waals surface area contributed by atoms with E-state index in [-0.39, 0.29) is 0 Å². The molecule has 0 bridgehead atoms. The van der Waals surface area contributed by atoms with E-state index in [0.29, 0.717) is 6.04 Å². The van der Waals surface area contributed by atoms with Crippen molar-refractivity contribution in [2.24, 2.45) is 5.92 Å². The molecule has 0 heterocycles. The third-order valence-electron chi connectivity index (χ3n) is 2.54. The van der Waals surface area contributed by atoms with Gasteiger partial charge in [0.25, 0.3) is 0 Å². The number of hydrogen-bond donors (Lipinski definition) is 0. The van der Waals surface area contributed by atoms with E-state index in [9.17, 15) is 0 Å². The molecule has 0 radical (unpaired) electrons. The topological polar surface area (TPSA) is 3.24 Å². The van der Waals surface area contributed by atoms with Gasteiger partial charge in [-0.25, -0.2) is 0 Å². The lowest BCUT2D eigenvalue weighted by Gasteiger charge is -2.26. The summed E-state index contributed by atoms with van der Waals surface area (Å²) in [6, 6.07) is 0.696. The van der Waals surface area contributed by atoms with Crippen molar-refractivity contribution in [3.8, 4) is 0 Å². The van der Waals surface area contributed by atoms with Gasteiger partial charge in [-0.1, -0.05) is 29.8 Å². The third-order valence-corrected chi connectivity index (χ3v) is 3.10. The fourth-order valence-corrected chi connectivity index (χ4v) is 1.84. The molecule has 1 nitrogen and oxygen atoms in total. The number of alkyl halides is 1. The van der Waals surface area contributed by atoms with Crippen molar-refractivity contribution < 1.29 is 0 Å². The predicted molar refractivity (Wildman–Crippen MR) is 69.2 cm³/mol. The van der Waals surface area contributed by atoms with E-state index in [2.05, 4.69) is 48.5 Å². The van der Waals surface area contributed by atoms with Crippen LogP contribution in [0.1, 0.15) is 47.0 Å². The molecule has 0 fully saturated rings. The number of halogens is 1. The van der Waals surface area contributed by atoms with Gasteiger partial charge in [0.05, 0.1) is 0 Å². The molecule has 0 aliphatic heterocycles. The molecule has 0 aliphatic rings. The van der Waals surface area contributed by atoms with Crippen LogP contribution < -0.4 is 0 Å². The highest BCUT2D eigenvalue weighted by Crippen LogP contribution is 2.08. The first-order chi connectivity index (χ1) is 6.57. The Morgan fingerprint density at radius 2 is 1.57 bits per heavy atom. The summed E-state index contributed by atoms with van der Waals surface area (Å²) in [6.07, 6.45) is 3.97. The van der Waals surface area contributed by atoms with Crippen LogP contribution in [0.15, 0.2) is 0 Å². The van der Waals surface area contributed by atoms with Gasteiger partial charge < -0.3 is 4.90 Å². The minimum atomic E-state index is 0.696. The smallest absolute Gasteiger partial charge is 0.00434 e. The van der Waals surface area contributed by atoms with Crippen molar-refractivity contribution in [1.29, 1.82) is 0 Å².